The van der Waals surface area contributed by atoms with Crippen LogP contribution < -0.4 is 0 Å². The van der Waals surface area contributed by atoms with Gasteiger partial charge in [-0.05, 0) is 23.8 Å². The summed E-state index contributed by atoms with van der Waals surface area (Å²) in [4.78, 5) is 17.0. The predicted molar refractivity (Wildman–Crippen MR) is 87.3 cm³/mol. The third kappa shape index (κ3) is 3.50. The van der Waals surface area contributed by atoms with Gasteiger partial charge in [-0.15, -0.1) is 0 Å². The van der Waals surface area contributed by atoms with Crippen molar-refractivity contribution in [1.29, 1.82) is 0 Å². The van der Waals surface area contributed by atoms with Gasteiger partial charge in [-0.25, -0.2) is 0 Å². The van der Waals surface area contributed by atoms with Crippen molar-refractivity contribution in [2.24, 2.45) is 17.8 Å². The molecule has 1 amide bonds. The Morgan fingerprint density at radius 2 is 2.04 bits per heavy atom. The SMILES string of the molecule is O=C(C[C@H]1COC[C@@H]2CN(Cc3ccoc3)C[C@@H]12)N1CCOCC1. The van der Waals surface area contributed by atoms with Gasteiger partial charge < -0.3 is 18.8 Å². The minimum absolute atomic E-state index is 0.265. The zero-order valence-corrected chi connectivity index (χ0v) is 14.1. The van der Waals surface area contributed by atoms with Crippen LogP contribution in [0, 0.1) is 17.8 Å². The third-order valence-corrected chi connectivity index (χ3v) is 5.62. The number of hydrogen-bond acceptors (Lipinski definition) is 5. The normalized spacial score (nSPS) is 31.2. The lowest BCUT2D eigenvalue weighted by Gasteiger charge is -2.35. The number of ether oxygens (including phenoxy) is 2. The van der Waals surface area contributed by atoms with E-state index in [1.54, 1.807) is 6.26 Å². The van der Waals surface area contributed by atoms with E-state index in [1.165, 1.54) is 5.56 Å². The molecule has 0 radical (unpaired) electrons. The number of carbonyl (C=O) groups is 1. The maximum absolute atomic E-state index is 12.6. The average Bonchev–Trinajstić information content (AvgIpc) is 3.26. The second kappa shape index (κ2) is 7.25. The number of likely N-dealkylation sites (tertiary alicyclic amines) is 1. The minimum Gasteiger partial charge on any atom is -0.472 e. The number of rotatable bonds is 4. The standard InChI is InChI=1S/C18H26N2O4/c21-18(20-2-5-22-6-3-20)7-15-12-24-13-16-9-19(10-17(15)16)8-14-1-4-23-11-14/h1,4,11,15-17H,2-3,5-10,12-13H2/t15-,16-,17-/m0/s1. The smallest absolute Gasteiger partial charge is 0.223 e. The fourth-order valence-electron chi connectivity index (χ4n) is 4.34. The Bertz CT molecular complexity index is 541. The van der Waals surface area contributed by atoms with Crippen LogP contribution in [0.5, 0.6) is 0 Å². The van der Waals surface area contributed by atoms with Crippen LogP contribution in [0.4, 0.5) is 0 Å². The Labute approximate surface area is 142 Å². The van der Waals surface area contributed by atoms with Gasteiger partial charge in [0, 0.05) is 44.7 Å². The van der Waals surface area contributed by atoms with E-state index in [-0.39, 0.29) is 5.91 Å². The van der Waals surface area contributed by atoms with Crippen LogP contribution >= 0.6 is 0 Å². The molecule has 3 fully saturated rings. The molecule has 1 aromatic rings. The van der Waals surface area contributed by atoms with Crippen molar-refractivity contribution >= 4 is 5.91 Å². The summed E-state index contributed by atoms with van der Waals surface area (Å²) in [5.41, 5.74) is 1.22. The molecule has 1 aromatic heterocycles. The van der Waals surface area contributed by atoms with E-state index in [1.807, 2.05) is 17.2 Å². The van der Waals surface area contributed by atoms with Crippen molar-refractivity contribution in [2.75, 3.05) is 52.6 Å². The van der Waals surface area contributed by atoms with Crippen molar-refractivity contribution in [3.63, 3.8) is 0 Å². The average molecular weight is 334 g/mol. The second-order valence-corrected chi connectivity index (χ2v) is 7.24. The molecule has 0 N–H and O–H groups in total. The van der Waals surface area contributed by atoms with E-state index < -0.39 is 0 Å². The molecule has 24 heavy (non-hydrogen) atoms. The molecule has 0 aliphatic carbocycles. The van der Waals surface area contributed by atoms with E-state index >= 15 is 0 Å². The molecule has 3 atom stereocenters. The summed E-state index contributed by atoms with van der Waals surface area (Å²) in [5, 5.41) is 0. The van der Waals surface area contributed by atoms with Crippen molar-refractivity contribution < 1.29 is 18.7 Å². The Hall–Kier alpha value is -1.37. The Morgan fingerprint density at radius 1 is 1.17 bits per heavy atom. The molecule has 3 aliphatic rings. The van der Waals surface area contributed by atoms with Crippen molar-refractivity contribution in [3.8, 4) is 0 Å². The van der Waals surface area contributed by atoms with Gasteiger partial charge in [0.25, 0.3) is 0 Å². The van der Waals surface area contributed by atoms with Crippen LogP contribution in [0.25, 0.3) is 0 Å². The fraction of sp³-hybridized carbons (Fsp3) is 0.722. The molecule has 0 saturated carbocycles. The Balaban J connectivity index is 1.35. The maximum Gasteiger partial charge on any atom is 0.223 e. The van der Waals surface area contributed by atoms with Gasteiger partial charge in [0.1, 0.15) is 0 Å². The van der Waals surface area contributed by atoms with Gasteiger partial charge in [0.2, 0.25) is 5.91 Å². The molecule has 132 valence electrons. The lowest BCUT2D eigenvalue weighted by atomic mass is 9.81. The lowest BCUT2D eigenvalue weighted by Crippen LogP contribution is -2.44. The topological polar surface area (TPSA) is 55.2 Å². The first-order chi connectivity index (χ1) is 11.8. The first kappa shape index (κ1) is 16.1. The molecule has 3 aliphatic heterocycles. The summed E-state index contributed by atoms with van der Waals surface area (Å²) in [6.07, 6.45) is 4.16. The van der Waals surface area contributed by atoms with Crippen LogP contribution in [0.15, 0.2) is 23.0 Å². The van der Waals surface area contributed by atoms with Crippen LogP contribution in [0.2, 0.25) is 0 Å². The number of fused-ring (bicyclic) bond motifs is 1. The summed E-state index contributed by atoms with van der Waals surface area (Å²) in [6, 6.07) is 2.03. The van der Waals surface area contributed by atoms with E-state index in [0.717, 1.165) is 45.9 Å². The fourth-order valence-corrected chi connectivity index (χ4v) is 4.34. The number of nitrogens with zero attached hydrogens (tertiary/aromatic N) is 2. The van der Waals surface area contributed by atoms with Gasteiger partial charge in [-0.1, -0.05) is 0 Å². The van der Waals surface area contributed by atoms with Crippen molar-refractivity contribution in [1.82, 2.24) is 9.80 Å². The van der Waals surface area contributed by atoms with Crippen LogP contribution in [-0.2, 0) is 20.8 Å². The first-order valence-corrected chi connectivity index (χ1v) is 8.96. The van der Waals surface area contributed by atoms with Gasteiger partial charge in [-0.2, -0.15) is 0 Å². The van der Waals surface area contributed by atoms with E-state index in [4.69, 9.17) is 13.9 Å². The summed E-state index contributed by atoms with van der Waals surface area (Å²) in [6.45, 7) is 7.37. The number of amides is 1. The van der Waals surface area contributed by atoms with E-state index in [2.05, 4.69) is 4.90 Å². The first-order valence-electron chi connectivity index (χ1n) is 8.96. The Kier molecular flexibility index (Phi) is 4.87. The van der Waals surface area contributed by atoms with Crippen LogP contribution in [0.1, 0.15) is 12.0 Å². The van der Waals surface area contributed by atoms with Gasteiger partial charge >= 0.3 is 0 Å². The number of carbonyl (C=O) groups excluding carboxylic acids is 1. The predicted octanol–water partition coefficient (Wildman–Crippen LogP) is 1.22. The second-order valence-electron chi connectivity index (χ2n) is 7.24. The number of morpholine rings is 1. The van der Waals surface area contributed by atoms with Crippen LogP contribution in [0.3, 0.4) is 0 Å². The largest absolute Gasteiger partial charge is 0.472 e. The highest BCUT2D eigenvalue weighted by atomic mass is 16.5. The summed E-state index contributed by atoms with van der Waals surface area (Å²) in [7, 11) is 0. The lowest BCUT2D eigenvalue weighted by molar-refractivity contribution is -0.138. The Morgan fingerprint density at radius 3 is 2.83 bits per heavy atom. The molecule has 0 spiro atoms. The quantitative estimate of drug-likeness (QED) is 0.829. The van der Waals surface area contributed by atoms with Crippen molar-refractivity contribution in [2.45, 2.75) is 13.0 Å². The highest BCUT2D eigenvalue weighted by Gasteiger charge is 2.42. The van der Waals surface area contributed by atoms with Crippen LogP contribution in [-0.4, -0.2) is 68.3 Å². The zero-order valence-electron chi connectivity index (χ0n) is 14.1. The third-order valence-electron chi connectivity index (χ3n) is 5.62. The summed E-state index contributed by atoms with van der Waals surface area (Å²) < 4.78 is 16.3. The summed E-state index contributed by atoms with van der Waals surface area (Å²) >= 11 is 0. The molecule has 0 aromatic carbocycles. The van der Waals surface area contributed by atoms with Gasteiger partial charge in [0.05, 0.1) is 39.0 Å². The van der Waals surface area contributed by atoms with Gasteiger partial charge in [-0.3, -0.25) is 9.69 Å². The van der Waals surface area contributed by atoms with E-state index in [0.29, 0.717) is 37.4 Å². The summed E-state index contributed by atoms with van der Waals surface area (Å²) in [5.74, 6) is 1.72. The molecule has 3 saturated heterocycles. The number of hydrogen-bond donors (Lipinski definition) is 0. The monoisotopic (exact) mass is 334 g/mol. The molecular weight excluding hydrogens is 308 g/mol. The molecule has 4 heterocycles. The molecule has 0 bridgehead atoms. The number of furan rings is 1. The molecule has 4 rings (SSSR count). The van der Waals surface area contributed by atoms with E-state index in [9.17, 15) is 4.79 Å². The zero-order chi connectivity index (χ0) is 16.4. The van der Waals surface area contributed by atoms with Crippen molar-refractivity contribution in [3.05, 3.63) is 24.2 Å². The highest BCUT2D eigenvalue weighted by molar-refractivity contribution is 5.76. The maximum atomic E-state index is 12.6. The molecule has 6 heteroatoms. The minimum atomic E-state index is 0.265. The molecule has 6 nitrogen and oxygen atoms in total. The molecule has 0 unspecified atom stereocenters. The highest BCUT2D eigenvalue weighted by Crippen LogP contribution is 2.36. The van der Waals surface area contributed by atoms with Gasteiger partial charge in [0.15, 0.2) is 0 Å². The molecular formula is C18H26N2O4.